The molecule has 0 aromatic rings. The van der Waals surface area contributed by atoms with Gasteiger partial charge in [0, 0.05) is 24.2 Å². The van der Waals surface area contributed by atoms with Crippen molar-refractivity contribution in [2.75, 3.05) is 40.3 Å². The van der Waals surface area contributed by atoms with Crippen molar-refractivity contribution in [1.29, 1.82) is 0 Å². The second-order valence-electron chi connectivity index (χ2n) is 7.88. The summed E-state index contributed by atoms with van der Waals surface area (Å²) in [7, 11) is 4.47. The van der Waals surface area contributed by atoms with Gasteiger partial charge in [-0.1, -0.05) is 0 Å². The summed E-state index contributed by atoms with van der Waals surface area (Å²) < 4.78 is 0. The molecule has 2 rings (SSSR count). The van der Waals surface area contributed by atoms with Gasteiger partial charge < -0.3 is 20.2 Å². The van der Waals surface area contributed by atoms with Gasteiger partial charge >= 0.3 is 0 Å². The minimum atomic E-state index is -0.123. The maximum atomic E-state index is 9.76. The summed E-state index contributed by atoms with van der Waals surface area (Å²) in [6.07, 6.45) is 6.21. The van der Waals surface area contributed by atoms with Crippen molar-refractivity contribution >= 4 is 0 Å². The van der Waals surface area contributed by atoms with Gasteiger partial charge in [0.15, 0.2) is 0 Å². The number of nitrogens with one attached hydrogen (secondary N) is 1. The summed E-state index contributed by atoms with van der Waals surface area (Å²) in [5, 5.41) is 13.4. The van der Waals surface area contributed by atoms with E-state index in [4.69, 9.17) is 0 Å². The Kier molecular flexibility index (Phi) is 6.06. The van der Waals surface area contributed by atoms with Crippen molar-refractivity contribution < 1.29 is 5.11 Å². The smallest absolute Gasteiger partial charge is 0.0611 e. The van der Waals surface area contributed by atoms with Crippen LogP contribution in [0.25, 0.3) is 0 Å². The first-order chi connectivity index (χ1) is 9.92. The maximum absolute atomic E-state index is 9.76. The Hall–Kier alpha value is -0.160. The number of rotatable bonds is 8. The molecule has 124 valence electrons. The van der Waals surface area contributed by atoms with Gasteiger partial charge in [-0.2, -0.15) is 0 Å². The molecule has 4 heteroatoms. The molecule has 0 spiro atoms. The predicted molar refractivity (Wildman–Crippen MR) is 88.6 cm³/mol. The number of piperidine rings is 1. The van der Waals surface area contributed by atoms with E-state index in [1.165, 1.54) is 45.3 Å². The molecule has 0 aromatic heterocycles. The minimum absolute atomic E-state index is 0.123. The van der Waals surface area contributed by atoms with Gasteiger partial charge in [0.25, 0.3) is 0 Å². The van der Waals surface area contributed by atoms with Crippen LogP contribution < -0.4 is 5.32 Å². The molecule has 1 saturated heterocycles. The molecule has 1 heterocycles. The van der Waals surface area contributed by atoms with Crippen LogP contribution in [0.1, 0.15) is 46.0 Å². The van der Waals surface area contributed by atoms with Gasteiger partial charge in [0.1, 0.15) is 0 Å². The Bertz CT molecular complexity index is 313. The van der Waals surface area contributed by atoms with E-state index in [2.05, 4.69) is 43.1 Å². The highest BCUT2D eigenvalue weighted by molar-refractivity contribution is 4.94. The SMILES string of the molecule is CC(CC(C)(CO)NC1CC1)N(C)CC1CCN(C)CC1. The fraction of sp³-hybridized carbons (Fsp3) is 1.00. The van der Waals surface area contributed by atoms with Crippen LogP contribution in [0.3, 0.4) is 0 Å². The van der Waals surface area contributed by atoms with Crippen LogP contribution in [0.2, 0.25) is 0 Å². The van der Waals surface area contributed by atoms with Crippen LogP contribution in [0.15, 0.2) is 0 Å². The van der Waals surface area contributed by atoms with E-state index in [0.29, 0.717) is 12.1 Å². The van der Waals surface area contributed by atoms with Crippen LogP contribution >= 0.6 is 0 Å². The average Bonchev–Trinajstić information content (AvgIpc) is 3.25. The molecule has 2 unspecified atom stereocenters. The van der Waals surface area contributed by atoms with Gasteiger partial charge in [-0.3, -0.25) is 0 Å². The molecule has 0 radical (unpaired) electrons. The Balaban J connectivity index is 1.76. The first-order valence-electron chi connectivity index (χ1n) is 8.69. The highest BCUT2D eigenvalue weighted by Crippen LogP contribution is 2.26. The van der Waals surface area contributed by atoms with E-state index in [1.54, 1.807) is 0 Å². The van der Waals surface area contributed by atoms with E-state index >= 15 is 0 Å². The van der Waals surface area contributed by atoms with E-state index in [9.17, 15) is 5.11 Å². The molecule has 21 heavy (non-hydrogen) atoms. The van der Waals surface area contributed by atoms with Crippen molar-refractivity contribution in [1.82, 2.24) is 15.1 Å². The second kappa shape index (κ2) is 7.40. The zero-order valence-corrected chi connectivity index (χ0v) is 14.4. The topological polar surface area (TPSA) is 38.7 Å². The fourth-order valence-corrected chi connectivity index (χ4v) is 3.53. The predicted octanol–water partition coefficient (Wildman–Crippen LogP) is 1.54. The zero-order valence-electron chi connectivity index (χ0n) is 14.4. The number of aliphatic hydroxyl groups excluding tert-OH is 1. The molecule has 2 fully saturated rings. The molecule has 0 amide bonds. The van der Waals surface area contributed by atoms with Gasteiger partial charge in [0.05, 0.1) is 6.61 Å². The van der Waals surface area contributed by atoms with Gasteiger partial charge in [0.2, 0.25) is 0 Å². The summed E-state index contributed by atoms with van der Waals surface area (Å²) in [6.45, 7) is 8.38. The Labute approximate surface area is 130 Å². The van der Waals surface area contributed by atoms with E-state index in [-0.39, 0.29) is 12.1 Å². The van der Waals surface area contributed by atoms with Crippen LogP contribution in [0.5, 0.6) is 0 Å². The maximum Gasteiger partial charge on any atom is 0.0611 e. The lowest BCUT2D eigenvalue weighted by Gasteiger charge is -2.38. The molecule has 0 aromatic carbocycles. The molecule has 4 nitrogen and oxygen atoms in total. The van der Waals surface area contributed by atoms with Crippen LogP contribution in [-0.2, 0) is 0 Å². The zero-order chi connectivity index (χ0) is 15.5. The van der Waals surface area contributed by atoms with Gasteiger partial charge in [-0.15, -0.1) is 0 Å². The molecule has 1 aliphatic carbocycles. The first-order valence-corrected chi connectivity index (χ1v) is 8.69. The lowest BCUT2D eigenvalue weighted by Crippen LogP contribution is -2.51. The van der Waals surface area contributed by atoms with Crippen molar-refractivity contribution in [3.63, 3.8) is 0 Å². The average molecular weight is 297 g/mol. The van der Waals surface area contributed by atoms with Crippen molar-refractivity contribution in [3.05, 3.63) is 0 Å². The summed E-state index contributed by atoms with van der Waals surface area (Å²) in [4.78, 5) is 4.93. The largest absolute Gasteiger partial charge is 0.394 e. The number of aliphatic hydroxyl groups is 1. The Morgan fingerprint density at radius 3 is 2.43 bits per heavy atom. The number of hydrogen-bond acceptors (Lipinski definition) is 4. The quantitative estimate of drug-likeness (QED) is 0.713. The molecule has 2 atom stereocenters. The summed E-state index contributed by atoms with van der Waals surface area (Å²) >= 11 is 0. The number of hydrogen-bond donors (Lipinski definition) is 2. The van der Waals surface area contributed by atoms with E-state index in [0.717, 1.165) is 12.3 Å². The normalized spacial score (nSPS) is 26.0. The molecule has 0 bridgehead atoms. The molecule has 2 N–H and O–H groups in total. The summed E-state index contributed by atoms with van der Waals surface area (Å²) in [6, 6.07) is 1.15. The third-order valence-corrected chi connectivity index (χ3v) is 5.36. The second-order valence-corrected chi connectivity index (χ2v) is 7.88. The molecular formula is C17H35N3O. The Morgan fingerprint density at radius 2 is 1.90 bits per heavy atom. The van der Waals surface area contributed by atoms with Crippen molar-refractivity contribution in [2.45, 2.75) is 63.6 Å². The molecular weight excluding hydrogens is 262 g/mol. The standard InChI is InChI=1S/C17H35N3O/c1-14(11-17(2,13-21)18-16-5-6-16)20(4)12-15-7-9-19(3)10-8-15/h14-16,18,21H,5-13H2,1-4H3. The van der Waals surface area contributed by atoms with Crippen molar-refractivity contribution in [2.24, 2.45) is 5.92 Å². The van der Waals surface area contributed by atoms with Crippen molar-refractivity contribution in [3.8, 4) is 0 Å². The van der Waals surface area contributed by atoms with Crippen LogP contribution in [-0.4, -0.2) is 72.9 Å². The molecule has 1 aliphatic heterocycles. The fourth-order valence-electron chi connectivity index (χ4n) is 3.53. The van der Waals surface area contributed by atoms with E-state index in [1.807, 2.05) is 0 Å². The molecule has 1 saturated carbocycles. The highest BCUT2D eigenvalue weighted by Gasteiger charge is 2.34. The third kappa shape index (κ3) is 5.51. The van der Waals surface area contributed by atoms with Gasteiger partial charge in [-0.05, 0) is 79.1 Å². The van der Waals surface area contributed by atoms with Crippen LogP contribution in [0.4, 0.5) is 0 Å². The van der Waals surface area contributed by atoms with Crippen LogP contribution in [0, 0.1) is 5.92 Å². The van der Waals surface area contributed by atoms with Gasteiger partial charge in [-0.25, -0.2) is 0 Å². The minimum Gasteiger partial charge on any atom is -0.394 e. The summed E-state index contributed by atoms with van der Waals surface area (Å²) in [5.74, 6) is 0.838. The highest BCUT2D eigenvalue weighted by atomic mass is 16.3. The lowest BCUT2D eigenvalue weighted by atomic mass is 9.92. The third-order valence-electron chi connectivity index (χ3n) is 5.36. The Morgan fingerprint density at radius 1 is 1.29 bits per heavy atom. The number of nitrogens with zero attached hydrogens (tertiary/aromatic N) is 2. The first kappa shape index (κ1) is 17.2. The number of likely N-dealkylation sites (tertiary alicyclic amines) is 1. The monoisotopic (exact) mass is 297 g/mol. The molecule has 2 aliphatic rings. The summed E-state index contributed by atoms with van der Waals surface area (Å²) in [5.41, 5.74) is -0.123. The lowest BCUT2D eigenvalue weighted by molar-refractivity contribution is 0.106. The van der Waals surface area contributed by atoms with E-state index < -0.39 is 0 Å².